The zero-order chi connectivity index (χ0) is 17.9. The molecule has 0 spiro atoms. The second-order valence-electron chi connectivity index (χ2n) is 5.76. The number of fused-ring (bicyclic) bond motifs is 1. The molecule has 0 radical (unpaired) electrons. The Morgan fingerprint density at radius 3 is 2.84 bits per heavy atom. The summed E-state index contributed by atoms with van der Waals surface area (Å²) >= 11 is 0. The molecule has 9 heteroatoms. The van der Waals surface area contributed by atoms with E-state index in [1.165, 1.54) is 24.3 Å². The van der Waals surface area contributed by atoms with Gasteiger partial charge in [-0.25, -0.2) is 9.98 Å². The number of ether oxygens (including phenoxy) is 1. The molecule has 1 atom stereocenters. The number of aromatic nitrogens is 2. The molecule has 1 aromatic carbocycles. The van der Waals surface area contributed by atoms with Crippen LogP contribution in [0.4, 0.5) is 13.2 Å². The average molecular weight is 353 g/mol. The van der Waals surface area contributed by atoms with E-state index in [0.717, 1.165) is 30.8 Å². The van der Waals surface area contributed by atoms with Gasteiger partial charge in [-0.05, 0) is 24.1 Å². The first kappa shape index (κ1) is 17.1. The molecule has 0 aliphatic carbocycles. The fourth-order valence-corrected chi connectivity index (χ4v) is 2.70. The summed E-state index contributed by atoms with van der Waals surface area (Å²) in [5.41, 5.74) is 6.63. The highest BCUT2D eigenvalue weighted by Crippen LogP contribution is 2.22. The number of rotatable bonds is 4. The van der Waals surface area contributed by atoms with Crippen LogP contribution in [0.2, 0.25) is 0 Å². The van der Waals surface area contributed by atoms with E-state index in [1.807, 2.05) is 6.20 Å². The largest absolute Gasteiger partial charge is 0.573 e. The third-order valence-corrected chi connectivity index (χ3v) is 3.89. The number of hydrogen-bond acceptors (Lipinski definition) is 3. The Bertz CT molecular complexity index is 739. The van der Waals surface area contributed by atoms with Crippen molar-refractivity contribution in [1.82, 2.24) is 14.9 Å². The standard InChI is InChI=1S/C16H18F3N5O/c17-16(18,19)25-13-3-1-11(2-4-13)10-22-15(20)23-12-5-7-24-8-6-21-14(24)9-12/h1-4,6,8,12H,5,7,9-10H2,(H3,20,22,23). The van der Waals surface area contributed by atoms with Crippen LogP contribution in [0.5, 0.6) is 5.75 Å². The number of halogens is 3. The van der Waals surface area contributed by atoms with E-state index in [-0.39, 0.29) is 18.3 Å². The number of nitrogens with two attached hydrogens (primary N) is 1. The SMILES string of the molecule is NC(=NCc1ccc(OC(F)(F)F)cc1)NC1CCn2ccnc2C1. The molecular weight excluding hydrogens is 335 g/mol. The lowest BCUT2D eigenvalue weighted by Crippen LogP contribution is -2.44. The lowest BCUT2D eigenvalue weighted by Gasteiger charge is -2.24. The summed E-state index contributed by atoms with van der Waals surface area (Å²) < 4.78 is 42.3. The number of guanidine groups is 1. The van der Waals surface area contributed by atoms with Crippen LogP contribution < -0.4 is 15.8 Å². The first-order chi connectivity index (χ1) is 11.9. The first-order valence-electron chi connectivity index (χ1n) is 7.80. The Morgan fingerprint density at radius 2 is 2.12 bits per heavy atom. The smallest absolute Gasteiger partial charge is 0.406 e. The van der Waals surface area contributed by atoms with Crippen molar-refractivity contribution in [2.75, 3.05) is 0 Å². The predicted octanol–water partition coefficient (Wildman–Crippen LogP) is 2.20. The zero-order valence-corrected chi connectivity index (χ0v) is 13.3. The van der Waals surface area contributed by atoms with Crippen molar-refractivity contribution in [3.05, 3.63) is 48.0 Å². The number of nitrogens with one attached hydrogen (secondary N) is 1. The van der Waals surface area contributed by atoms with Gasteiger partial charge in [-0.3, -0.25) is 0 Å². The van der Waals surface area contributed by atoms with Crippen molar-refractivity contribution in [2.45, 2.75) is 38.3 Å². The van der Waals surface area contributed by atoms with Gasteiger partial charge in [-0.1, -0.05) is 12.1 Å². The Balaban J connectivity index is 1.51. The molecule has 2 aromatic rings. The second-order valence-corrected chi connectivity index (χ2v) is 5.76. The molecule has 0 saturated heterocycles. The fraction of sp³-hybridized carbons (Fsp3) is 0.375. The van der Waals surface area contributed by atoms with Gasteiger partial charge in [0.05, 0.1) is 6.54 Å². The molecule has 6 nitrogen and oxygen atoms in total. The van der Waals surface area contributed by atoms with Crippen LogP contribution in [0.3, 0.4) is 0 Å². The lowest BCUT2D eigenvalue weighted by molar-refractivity contribution is -0.274. The van der Waals surface area contributed by atoms with E-state index in [9.17, 15) is 13.2 Å². The predicted molar refractivity (Wildman–Crippen MR) is 85.9 cm³/mol. The van der Waals surface area contributed by atoms with E-state index < -0.39 is 6.36 Å². The fourth-order valence-electron chi connectivity index (χ4n) is 2.70. The molecule has 1 aliphatic heterocycles. The summed E-state index contributed by atoms with van der Waals surface area (Å²) in [4.78, 5) is 8.52. The van der Waals surface area contributed by atoms with E-state index in [2.05, 4.69) is 24.6 Å². The van der Waals surface area contributed by atoms with Crippen molar-refractivity contribution in [1.29, 1.82) is 0 Å². The van der Waals surface area contributed by atoms with Crippen molar-refractivity contribution < 1.29 is 17.9 Å². The minimum atomic E-state index is -4.69. The Morgan fingerprint density at radius 1 is 1.36 bits per heavy atom. The van der Waals surface area contributed by atoms with Crippen molar-refractivity contribution >= 4 is 5.96 Å². The molecule has 3 rings (SSSR count). The van der Waals surface area contributed by atoms with Crippen LogP contribution in [0.1, 0.15) is 17.8 Å². The van der Waals surface area contributed by atoms with Gasteiger partial charge in [0.2, 0.25) is 0 Å². The number of benzene rings is 1. The Kier molecular flexibility index (Phi) is 4.82. The monoisotopic (exact) mass is 353 g/mol. The molecular formula is C16H18F3N5O. The maximum atomic E-state index is 12.1. The summed E-state index contributed by atoms with van der Waals surface area (Å²) in [5.74, 6) is 1.06. The molecule has 0 saturated carbocycles. The van der Waals surface area contributed by atoms with E-state index >= 15 is 0 Å². The molecule has 0 fully saturated rings. The van der Waals surface area contributed by atoms with Gasteiger partial charge >= 0.3 is 6.36 Å². The molecule has 0 bridgehead atoms. The Labute approximate surface area is 142 Å². The summed E-state index contributed by atoms with van der Waals surface area (Å²) in [6.07, 6.45) is 0.731. The van der Waals surface area contributed by atoms with Crippen LogP contribution in [-0.4, -0.2) is 27.9 Å². The summed E-state index contributed by atoms with van der Waals surface area (Å²) in [6.45, 7) is 1.15. The summed E-state index contributed by atoms with van der Waals surface area (Å²) in [5, 5.41) is 3.16. The highest BCUT2D eigenvalue weighted by atomic mass is 19.4. The molecule has 3 N–H and O–H groups in total. The maximum absolute atomic E-state index is 12.1. The second kappa shape index (κ2) is 7.04. The van der Waals surface area contributed by atoms with Crippen molar-refractivity contribution in [3.63, 3.8) is 0 Å². The molecule has 25 heavy (non-hydrogen) atoms. The molecule has 2 heterocycles. The van der Waals surface area contributed by atoms with E-state index in [1.54, 1.807) is 6.20 Å². The molecule has 1 aromatic heterocycles. The Hall–Kier alpha value is -2.71. The number of alkyl halides is 3. The number of aliphatic imine (C=N–C) groups is 1. The van der Waals surface area contributed by atoms with Gasteiger partial charge in [0.15, 0.2) is 5.96 Å². The number of nitrogens with zero attached hydrogens (tertiary/aromatic N) is 3. The van der Waals surface area contributed by atoms with Crippen LogP contribution in [0, 0.1) is 0 Å². The minimum Gasteiger partial charge on any atom is -0.406 e. The van der Waals surface area contributed by atoms with Crippen molar-refractivity contribution in [2.24, 2.45) is 10.7 Å². The van der Waals surface area contributed by atoms with Crippen molar-refractivity contribution in [3.8, 4) is 5.75 Å². The highest BCUT2D eigenvalue weighted by molar-refractivity contribution is 5.78. The number of aryl methyl sites for hydroxylation is 1. The van der Waals surface area contributed by atoms with Gasteiger partial charge in [-0.2, -0.15) is 0 Å². The lowest BCUT2D eigenvalue weighted by atomic mass is 10.1. The summed E-state index contributed by atoms with van der Waals surface area (Å²) in [6, 6.07) is 5.72. The first-order valence-corrected chi connectivity index (χ1v) is 7.80. The van der Waals surface area contributed by atoms with Gasteiger partial charge < -0.3 is 20.4 Å². The van der Waals surface area contributed by atoms with Gasteiger partial charge in [0, 0.05) is 31.4 Å². The molecule has 134 valence electrons. The highest BCUT2D eigenvalue weighted by Gasteiger charge is 2.30. The minimum absolute atomic E-state index is 0.168. The molecule has 0 amide bonds. The normalized spacial score (nSPS) is 17.9. The van der Waals surface area contributed by atoms with Gasteiger partial charge in [0.1, 0.15) is 11.6 Å². The quantitative estimate of drug-likeness (QED) is 0.653. The van der Waals surface area contributed by atoms with E-state index in [4.69, 9.17) is 5.73 Å². The zero-order valence-electron chi connectivity index (χ0n) is 13.3. The van der Waals surface area contributed by atoms with Gasteiger partial charge in [-0.15, -0.1) is 13.2 Å². The van der Waals surface area contributed by atoms with E-state index in [0.29, 0.717) is 5.96 Å². The van der Waals surface area contributed by atoms with Crippen LogP contribution in [0.15, 0.2) is 41.7 Å². The average Bonchev–Trinajstić information content (AvgIpc) is 3.00. The summed E-state index contributed by atoms with van der Waals surface area (Å²) in [7, 11) is 0. The van der Waals surface area contributed by atoms with Crippen LogP contribution in [0.25, 0.3) is 0 Å². The van der Waals surface area contributed by atoms with Crippen LogP contribution in [-0.2, 0) is 19.5 Å². The van der Waals surface area contributed by atoms with Gasteiger partial charge in [0.25, 0.3) is 0 Å². The topological polar surface area (TPSA) is 77.5 Å². The number of imidazole rings is 1. The molecule has 1 unspecified atom stereocenters. The molecule has 1 aliphatic rings. The number of hydrogen-bond donors (Lipinski definition) is 2. The maximum Gasteiger partial charge on any atom is 0.573 e. The third kappa shape index (κ3) is 4.88. The third-order valence-electron chi connectivity index (χ3n) is 3.89. The van der Waals surface area contributed by atoms with Crippen LogP contribution >= 0.6 is 0 Å².